The minimum Gasteiger partial charge on any atom is -0.325 e. The van der Waals surface area contributed by atoms with Crippen LogP contribution in [0, 0.1) is 0 Å². The molecule has 1 heterocycles. The van der Waals surface area contributed by atoms with Crippen molar-refractivity contribution in [2.45, 2.75) is 45.1 Å². The van der Waals surface area contributed by atoms with Crippen LogP contribution in [0.15, 0.2) is 42.5 Å². The summed E-state index contributed by atoms with van der Waals surface area (Å²) in [5, 5.41) is 3.03. The van der Waals surface area contributed by atoms with Crippen LogP contribution < -0.4 is 11.1 Å². The van der Waals surface area contributed by atoms with Crippen LogP contribution in [0.25, 0.3) is 0 Å². The summed E-state index contributed by atoms with van der Waals surface area (Å²) in [6.45, 7) is 4.09. The van der Waals surface area contributed by atoms with Crippen LogP contribution in [0.3, 0.4) is 0 Å². The third kappa shape index (κ3) is 3.15. The van der Waals surface area contributed by atoms with Crippen molar-refractivity contribution in [1.29, 1.82) is 0 Å². The number of hydrogen-bond donors (Lipinski definition) is 2. The van der Waals surface area contributed by atoms with Crippen molar-refractivity contribution in [2.75, 3.05) is 5.32 Å². The first-order chi connectivity index (χ1) is 11.1. The summed E-state index contributed by atoms with van der Waals surface area (Å²) in [4.78, 5) is 12.0. The van der Waals surface area contributed by atoms with Crippen molar-refractivity contribution >= 4 is 11.6 Å². The zero-order valence-corrected chi connectivity index (χ0v) is 13.8. The van der Waals surface area contributed by atoms with Gasteiger partial charge in [-0.3, -0.25) is 4.79 Å². The fourth-order valence-electron chi connectivity index (χ4n) is 3.23. The smallest absolute Gasteiger partial charge is 0.231 e. The number of nitrogens with one attached hydrogen (secondary N) is 1. The third-order valence-electron chi connectivity index (χ3n) is 4.76. The van der Waals surface area contributed by atoms with Crippen molar-refractivity contribution in [2.24, 2.45) is 5.73 Å². The number of aryl methyl sites for hydroxylation is 2. The Labute approximate surface area is 137 Å². The second kappa shape index (κ2) is 6.55. The molecule has 2 aromatic carbocycles. The van der Waals surface area contributed by atoms with Gasteiger partial charge in [0.25, 0.3) is 0 Å². The number of nitrogens with two attached hydrogens (primary N) is 1. The molecule has 3 nitrogen and oxygen atoms in total. The van der Waals surface area contributed by atoms with E-state index in [1.807, 2.05) is 13.0 Å². The van der Waals surface area contributed by atoms with Gasteiger partial charge in [-0.2, -0.15) is 0 Å². The van der Waals surface area contributed by atoms with Gasteiger partial charge in [-0.05, 0) is 48.4 Å². The summed E-state index contributed by atoms with van der Waals surface area (Å²) in [5.74, 6) is -0.0127. The topological polar surface area (TPSA) is 55.1 Å². The van der Waals surface area contributed by atoms with E-state index in [1.165, 1.54) is 11.1 Å². The van der Waals surface area contributed by atoms with Crippen molar-refractivity contribution in [3.63, 3.8) is 0 Å². The Kier molecular flexibility index (Phi) is 4.49. The molecule has 0 spiro atoms. The van der Waals surface area contributed by atoms with E-state index in [1.54, 1.807) is 0 Å². The summed E-state index contributed by atoms with van der Waals surface area (Å²) < 4.78 is 0. The Morgan fingerprint density at radius 3 is 2.61 bits per heavy atom. The molecular weight excluding hydrogens is 284 g/mol. The molecule has 0 saturated heterocycles. The predicted molar refractivity (Wildman–Crippen MR) is 94.6 cm³/mol. The average Bonchev–Trinajstić information content (AvgIpc) is 2.87. The zero-order chi connectivity index (χ0) is 16.4. The lowest BCUT2D eigenvalue weighted by molar-refractivity contribution is -0.116. The number of benzene rings is 2. The van der Waals surface area contributed by atoms with Crippen molar-refractivity contribution in [3.8, 4) is 0 Å². The van der Waals surface area contributed by atoms with E-state index in [0.29, 0.717) is 0 Å². The van der Waals surface area contributed by atoms with E-state index in [9.17, 15) is 4.79 Å². The largest absolute Gasteiger partial charge is 0.325 e. The number of carbonyl (C=O) groups excluding carboxylic acids is 1. The van der Waals surface area contributed by atoms with Gasteiger partial charge < -0.3 is 11.1 Å². The van der Waals surface area contributed by atoms with Crippen molar-refractivity contribution in [3.05, 3.63) is 64.7 Å². The average molecular weight is 308 g/mol. The van der Waals surface area contributed by atoms with Gasteiger partial charge in [0.1, 0.15) is 0 Å². The highest BCUT2D eigenvalue weighted by atomic mass is 16.2. The fourth-order valence-corrected chi connectivity index (χ4v) is 3.23. The monoisotopic (exact) mass is 308 g/mol. The predicted octanol–water partition coefficient (Wildman–Crippen LogP) is 3.94. The van der Waals surface area contributed by atoms with E-state index in [2.05, 4.69) is 48.6 Å². The maximum Gasteiger partial charge on any atom is 0.231 e. The number of rotatable bonds is 5. The van der Waals surface area contributed by atoms with E-state index in [-0.39, 0.29) is 17.9 Å². The van der Waals surface area contributed by atoms with Gasteiger partial charge in [-0.1, -0.05) is 49.4 Å². The normalized spacial score (nSPS) is 17.7. The lowest BCUT2D eigenvalue weighted by Crippen LogP contribution is -2.15. The molecule has 0 aromatic heterocycles. The fraction of sp³-hybridized carbons (Fsp3) is 0.350. The van der Waals surface area contributed by atoms with Gasteiger partial charge in [-0.15, -0.1) is 0 Å². The first-order valence-electron chi connectivity index (χ1n) is 8.37. The second-order valence-electron chi connectivity index (χ2n) is 6.34. The standard InChI is InChI=1S/C20H24N2O/c1-3-14-11-16-13(2)20(23)22-19(16)17(12-14)18(21)10-9-15-7-5-4-6-8-15/h4-8,11-13,18H,3,9-10,21H2,1-2H3,(H,22,23). The van der Waals surface area contributed by atoms with Crippen molar-refractivity contribution < 1.29 is 4.79 Å². The number of amides is 1. The van der Waals surface area contributed by atoms with Gasteiger partial charge in [0, 0.05) is 11.7 Å². The highest BCUT2D eigenvalue weighted by molar-refractivity contribution is 6.03. The van der Waals surface area contributed by atoms with Crippen LogP contribution in [0.2, 0.25) is 0 Å². The third-order valence-corrected chi connectivity index (χ3v) is 4.76. The van der Waals surface area contributed by atoms with E-state index >= 15 is 0 Å². The molecule has 2 aromatic rings. The molecule has 1 aliphatic rings. The molecule has 1 aliphatic heterocycles. The molecule has 3 rings (SSSR count). The molecule has 120 valence electrons. The number of fused-ring (bicyclic) bond motifs is 1. The summed E-state index contributed by atoms with van der Waals surface area (Å²) in [7, 11) is 0. The molecule has 0 fully saturated rings. The minimum absolute atomic E-state index is 0.0685. The molecule has 0 bridgehead atoms. The van der Waals surface area contributed by atoms with Crippen LogP contribution >= 0.6 is 0 Å². The molecule has 2 unspecified atom stereocenters. The molecule has 2 atom stereocenters. The van der Waals surface area contributed by atoms with Crippen molar-refractivity contribution in [1.82, 2.24) is 0 Å². The molecule has 3 heteroatoms. The summed E-state index contributed by atoms with van der Waals surface area (Å²) >= 11 is 0. The van der Waals surface area contributed by atoms with Gasteiger partial charge in [0.2, 0.25) is 5.91 Å². The molecule has 0 radical (unpaired) electrons. The van der Waals surface area contributed by atoms with Crippen LogP contribution in [0.5, 0.6) is 0 Å². The number of hydrogen-bond acceptors (Lipinski definition) is 2. The Morgan fingerprint density at radius 2 is 1.91 bits per heavy atom. The van der Waals surface area contributed by atoms with E-state index in [0.717, 1.165) is 36.1 Å². The lowest BCUT2D eigenvalue weighted by Gasteiger charge is -2.18. The van der Waals surface area contributed by atoms with Crippen LogP contribution in [-0.4, -0.2) is 5.91 Å². The zero-order valence-electron chi connectivity index (χ0n) is 13.8. The maximum atomic E-state index is 12.0. The van der Waals surface area contributed by atoms with E-state index in [4.69, 9.17) is 5.73 Å². The van der Waals surface area contributed by atoms with Gasteiger partial charge >= 0.3 is 0 Å². The Balaban J connectivity index is 1.85. The first-order valence-corrected chi connectivity index (χ1v) is 8.37. The van der Waals surface area contributed by atoms with Gasteiger partial charge in [0.05, 0.1) is 5.92 Å². The minimum atomic E-state index is -0.0865. The lowest BCUT2D eigenvalue weighted by atomic mass is 9.91. The van der Waals surface area contributed by atoms with E-state index < -0.39 is 0 Å². The van der Waals surface area contributed by atoms with Crippen LogP contribution in [-0.2, 0) is 17.6 Å². The van der Waals surface area contributed by atoms with Crippen LogP contribution in [0.4, 0.5) is 5.69 Å². The van der Waals surface area contributed by atoms with Gasteiger partial charge in [-0.25, -0.2) is 0 Å². The van der Waals surface area contributed by atoms with Gasteiger partial charge in [0.15, 0.2) is 0 Å². The summed E-state index contributed by atoms with van der Waals surface area (Å²) in [6.07, 6.45) is 2.76. The molecular formula is C20H24N2O. The second-order valence-corrected chi connectivity index (χ2v) is 6.34. The Morgan fingerprint density at radius 1 is 1.17 bits per heavy atom. The highest BCUT2D eigenvalue weighted by Crippen LogP contribution is 2.39. The molecule has 0 aliphatic carbocycles. The Bertz CT molecular complexity index is 709. The summed E-state index contributed by atoms with van der Waals surface area (Å²) in [6, 6.07) is 14.6. The quantitative estimate of drug-likeness (QED) is 0.879. The molecule has 1 amide bonds. The Hall–Kier alpha value is -2.13. The highest BCUT2D eigenvalue weighted by Gasteiger charge is 2.30. The first kappa shape index (κ1) is 15.8. The number of carbonyl (C=O) groups is 1. The molecule has 0 saturated carbocycles. The molecule has 23 heavy (non-hydrogen) atoms. The number of anilines is 1. The SMILES string of the molecule is CCc1cc(C(N)CCc2ccccc2)c2c(c1)C(C)C(=O)N2. The van der Waals surface area contributed by atoms with Crippen LogP contribution in [0.1, 0.15) is 54.5 Å². The maximum absolute atomic E-state index is 12.0. The molecule has 3 N–H and O–H groups in total. The summed E-state index contributed by atoms with van der Waals surface area (Å²) in [5.41, 5.74) is 12.1.